The van der Waals surface area contributed by atoms with Gasteiger partial charge in [0.15, 0.2) is 0 Å². The predicted molar refractivity (Wildman–Crippen MR) is 156 cm³/mol. The summed E-state index contributed by atoms with van der Waals surface area (Å²) >= 11 is 12.3. The monoisotopic (exact) mass is 607 g/mol. The van der Waals surface area contributed by atoms with Gasteiger partial charge in [-0.3, -0.25) is 13.9 Å². The van der Waals surface area contributed by atoms with Crippen LogP contribution in [0.5, 0.6) is 0 Å². The van der Waals surface area contributed by atoms with Gasteiger partial charge in [-0.1, -0.05) is 61.3 Å². The number of carbonyl (C=O) groups is 2. The molecule has 1 N–H and O–H groups in total. The zero-order chi connectivity index (χ0) is 29.4. The molecule has 0 saturated heterocycles. The van der Waals surface area contributed by atoms with Gasteiger partial charge in [0.05, 0.1) is 20.6 Å². The third kappa shape index (κ3) is 7.74. The average Bonchev–Trinajstić information content (AvgIpc) is 2.93. The van der Waals surface area contributed by atoms with Crippen LogP contribution in [0, 0.1) is 5.82 Å². The van der Waals surface area contributed by atoms with E-state index in [0.717, 1.165) is 28.6 Å². The zero-order valence-electron chi connectivity index (χ0n) is 22.5. The third-order valence-corrected chi connectivity index (χ3v) is 8.98. The van der Waals surface area contributed by atoms with Crippen LogP contribution in [-0.4, -0.2) is 43.8 Å². The van der Waals surface area contributed by atoms with Gasteiger partial charge in [-0.05, 0) is 73.9 Å². The number of nitrogens with one attached hydrogen (secondary N) is 1. The van der Waals surface area contributed by atoms with Crippen LogP contribution in [-0.2, 0) is 26.2 Å². The number of hydrogen-bond donors (Lipinski definition) is 1. The number of para-hydroxylation sites is 1. The lowest BCUT2D eigenvalue weighted by molar-refractivity contribution is -0.140. The second kappa shape index (κ2) is 14.0. The van der Waals surface area contributed by atoms with Crippen LogP contribution in [0.15, 0.2) is 77.7 Å². The van der Waals surface area contributed by atoms with Crippen molar-refractivity contribution < 1.29 is 22.4 Å². The highest BCUT2D eigenvalue weighted by molar-refractivity contribution is 7.92. The molecule has 0 aliphatic heterocycles. The van der Waals surface area contributed by atoms with E-state index < -0.39 is 34.3 Å². The van der Waals surface area contributed by atoms with Crippen LogP contribution in [0.2, 0.25) is 10.0 Å². The number of benzene rings is 3. The summed E-state index contributed by atoms with van der Waals surface area (Å²) < 4.78 is 42.0. The molecule has 214 valence electrons. The van der Waals surface area contributed by atoms with E-state index in [4.69, 9.17) is 23.2 Å². The number of rotatable bonds is 12. The Balaban J connectivity index is 2.05. The molecule has 40 heavy (non-hydrogen) atoms. The van der Waals surface area contributed by atoms with Crippen molar-refractivity contribution in [1.29, 1.82) is 0 Å². The van der Waals surface area contributed by atoms with E-state index in [0.29, 0.717) is 17.0 Å². The van der Waals surface area contributed by atoms with Gasteiger partial charge in [-0.25, -0.2) is 12.8 Å². The number of amides is 2. The molecule has 0 aliphatic rings. The van der Waals surface area contributed by atoms with Crippen molar-refractivity contribution in [3.8, 4) is 0 Å². The summed E-state index contributed by atoms with van der Waals surface area (Å²) in [6, 6.07) is 16.4. The molecule has 2 atom stereocenters. The maximum Gasteiger partial charge on any atom is 0.264 e. The Kier molecular flexibility index (Phi) is 11.0. The summed E-state index contributed by atoms with van der Waals surface area (Å²) in [5.74, 6) is -1.54. The largest absolute Gasteiger partial charge is 0.352 e. The molecule has 0 radical (unpaired) electrons. The molecule has 3 aromatic carbocycles. The van der Waals surface area contributed by atoms with Gasteiger partial charge >= 0.3 is 0 Å². The van der Waals surface area contributed by atoms with E-state index in [9.17, 15) is 22.4 Å². The van der Waals surface area contributed by atoms with E-state index in [2.05, 4.69) is 5.32 Å². The molecule has 0 heterocycles. The molecule has 3 rings (SSSR count). The molecule has 7 nitrogen and oxygen atoms in total. The summed E-state index contributed by atoms with van der Waals surface area (Å²) in [4.78, 5) is 28.5. The molecule has 0 unspecified atom stereocenters. The minimum atomic E-state index is -4.28. The second-order valence-electron chi connectivity index (χ2n) is 9.31. The summed E-state index contributed by atoms with van der Waals surface area (Å²) in [7, 11) is -4.28. The molecule has 0 fully saturated rings. The number of halogens is 3. The maximum absolute atomic E-state index is 14.0. The first-order valence-corrected chi connectivity index (χ1v) is 15.0. The Hall–Kier alpha value is -3.14. The van der Waals surface area contributed by atoms with Gasteiger partial charge in [0, 0.05) is 12.6 Å². The molecular weight excluding hydrogens is 576 g/mol. The fourth-order valence-corrected chi connectivity index (χ4v) is 5.79. The van der Waals surface area contributed by atoms with Gasteiger partial charge in [-0.15, -0.1) is 0 Å². The van der Waals surface area contributed by atoms with Gasteiger partial charge in [-0.2, -0.15) is 0 Å². The van der Waals surface area contributed by atoms with Crippen molar-refractivity contribution >= 4 is 50.7 Å². The van der Waals surface area contributed by atoms with Crippen LogP contribution in [0.25, 0.3) is 0 Å². The number of anilines is 1. The van der Waals surface area contributed by atoms with Crippen molar-refractivity contribution in [3.63, 3.8) is 0 Å². The second-order valence-corrected chi connectivity index (χ2v) is 12.0. The summed E-state index contributed by atoms with van der Waals surface area (Å²) in [5.41, 5.74) is 0.858. The first-order chi connectivity index (χ1) is 19.0. The molecular formula is C29H32Cl2FN3O4S. The minimum Gasteiger partial charge on any atom is -0.352 e. The molecule has 3 aromatic rings. The summed E-state index contributed by atoms with van der Waals surface area (Å²) in [6.45, 7) is 4.96. The Morgan fingerprint density at radius 2 is 1.57 bits per heavy atom. The van der Waals surface area contributed by atoms with E-state index in [1.165, 1.54) is 4.90 Å². The Labute approximate surface area is 244 Å². The molecule has 0 aliphatic carbocycles. The van der Waals surface area contributed by atoms with Crippen molar-refractivity contribution in [2.24, 2.45) is 0 Å². The first-order valence-electron chi connectivity index (χ1n) is 12.8. The standard InChI is InChI=1S/C29H32Cl2FN3O4S/c1-4-20(3)33-29(37)27(5-2)34(18-21-11-16-25(30)26(31)17-21)28(36)19-35(23-9-7-6-8-10-23)40(38,39)24-14-12-22(32)13-15-24/h6-17,20,27H,4-5,18-19H2,1-3H3,(H,33,37)/t20-,27-/m0/s1. The molecule has 0 saturated carbocycles. The molecule has 0 bridgehead atoms. The quantitative estimate of drug-likeness (QED) is 0.271. The summed E-state index contributed by atoms with van der Waals surface area (Å²) in [6.07, 6.45) is 0.978. The number of hydrogen-bond acceptors (Lipinski definition) is 4. The lowest BCUT2D eigenvalue weighted by Crippen LogP contribution is -2.53. The van der Waals surface area contributed by atoms with E-state index in [1.54, 1.807) is 55.5 Å². The predicted octanol–water partition coefficient (Wildman–Crippen LogP) is 6.05. The topological polar surface area (TPSA) is 86.8 Å². The highest BCUT2D eigenvalue weighted by Crippen LogP contribution is 2.26. The number of sulfonamides is 1. The smallest absolute Gasteiger partial charge is 0.264 e. The van der Waals surface area contributed by atoms with Crippen molar-refractivity contribution in [2.45, 2.75) is 57.1 Å². The molecule has 11 heteroatoms. The van der Waals surface area contributed by atoms with E-state index >= 15 is 0 Å². The van der Waals surface area contributed by atoms with Gasteiger partial charge in [0.1, 0.15) is 18.4 Å². The van der Waals surface area contributed by atoms with Crippen LogP contribution in [0.3, 0.4) is 0 Å². The minimum absolute atomic E-state index is 0.0125. The van der Waals surface area contributed by atoms with Gasteiger partial charge in [0.25, 0.3) is 10.0 Å². The number of carbonyl (C=O) groups excluding carboxylic acids is 2. The number of nitrogens with zero attached hydrogens (tertiary/aromatic N) is 2. The van der Waals surface area contributed by atoms with Gasteiger partial charge in [0.2, 0.25) is 11.8 Å². The SMILES string of the molecule is CC[C@H](C)NC(=O)[C@H](CC)N(Cc1ccc(Cl)c(Cl)c1)C(=O)CN(c1ccccc1)S(=O)(=O)c1ccc(F)cc1. The van der Waals surface area contributed by atoms with E-state index in [1.807, 2.05) is 13.8 Å². The Morgan fingerprint density at radius 1 is 0.925 bits per heavy atom. The lowest BCUT2D eigenvalue weighted by atomic mass is 10.1. The average molecular weight is 609 g/mol. The normalized spacial score (nSPS) is 12.8. The molecule has 0 aromatic heterocycles. The fraction of sp³-hybridized carbons (Fsp3) is 0.310. The van der Waals surface area contributed by atoms with Crippen molar-refractivity contribution in [1.82, 2.24) is 10.2 Å². The molecule has 2 amide bonds. The molecule has 0 spiro atoms. The Bertz CT molecular complexity index is 1420. The maximum atomic E-state index is 14.0. The first kappa shape index (κ1) is 31.4. The lowest BCUT2D eigenvalue weighted by Gasteiger charge is -2.33. The summed E-state index contributed by atoms with van der Waals surface area (Å²) in [5, 5.41) is 3.55. The highest BCUT2D eigenvalue weighted by atomic mass is 35.5. The van der Waals surface area contributed by atoms with Crippen molar-refractivity contribution in [3.05, 3.63) is 94.2 Å². The zero-order valence-corrected chi connectivity index (χ0v) is 24.8. The Morgan fingerprint density at radius 3 is 2.15 bits per heavy atom. The third-order valence-electron chi connectivity index (χ3n) is 6.45. The van der Waals surface area contributed by atoms with Crippen LogP contribution < -0.4 is 9.62 Å². The van der Waals surface area contributed by atoms with Crippen LogP contribution in [0.4, 0.5) is 10.1 Å². The van der Waals surface area contributed by atoms with E-state index in [-0.39, 0.29) is 40.5 Å². The van der Waals surface area contributed by atoms with Crippen molar-refractivity contribution in [2.75, 3.05) is 10.8 Å². The van der Waals surface area contributed by atoms with Crippen LogP contribution in [0.1, 0.15) is 39.2 Å². The highest BCUT2D eigenvalue weighted by Gasteiger charge is 2.34. The van der Waals surface area contributed by atoms with Crippen LogP contribution >= 0.6 is 23.2 Å². The van der Waals surface area contributed by atoms with Gasteiger partial charge < -0.3 is 10.2 Å². The fourth-order valence-electron chi connectivity index (χ4n) is 4.05.